The molecule has 0 saturated heterocycles. The molecule has 0 spiro atoms. The Morgan fingerprint density at radius 1 is 1.41 bits per heavy atom. The summed E-state index contributed by atoms with van der Waals surface area (Å²) in [4.78, 5) is 0. The number of hydrogen-bond donors (Lipinski definition) is 2. The van der Waals surface area contributed by atoms with Gasteiger partial charge in [0.1, 0.15) is 5.75 Å². The monoisotopic (exact) mass is 297 g/mol. The van der Waals surface area contributed by atoms with Crippen molar-refractivity contribution in [2.75, 3.05) is 6.54 Å². The maximum Gasteiger partial charge on any atom is 0.129 e. The van der Waals surface area contributed by atoms with Crippen LogP contribution in [0.3, 0.4) is 0 Å². The minimum absolute atomic E-state index is 0.304. The van der Waals surface area contributed by atoms with E-state index in [2.05, 4.69) is 28.2 Å². The van der Waals surface area contributed by atoms with E-state index in [9.17, 15) is 5.11 Å². The molecule has 0 aliphatic heterocycles. The number of rotatable bonds is 4. The second-order valence-electron chi connectivity index (χ2n) is 5.08. The SMILES string of the molecule is CC1CCCC1CNCc1ccc(O)c(Br)c1. The van der Waals surface area contributed by atoms with E-state index in [1.54, 1.807) is 6.07 Å². The van der Waals surface area contributed by atoms with Crippen molar-refractivity contribution < 1.29 is 5.11 Å². The molecular formula is C14H20BrNO. The van der Waals surface area contributed by atoms with Crippen LogP contribution in [0.25, 0.3) is 0 Å². The highest BCUT2D eigenvalue weighted by atomic mass is 79.9. The zero-order valence-electron chi connectivity index (χ0n) is 10.2. The number of halogens is 1. The van der Waals surface area contributed by atoms with Crippen LogP contribution in [0.4, 0.5) is 0 Å². The molecule has 2 nitrogen and oxygen atoms in total. The molecule has 94 valence electrons. The summed E-state index contributed by atoms with van der Waals surface area (Å²) in [6, 6.07) is 5.67. The maximum atomic E-state index is 9.41. The van der Waals surface area contributed by atoms with Gasteiger partial charge in [-0.15, -0.1) is 0 Å². The molecule has 0 radical (unpaired) electrons. The van der Waals surface area contributed by atoms with Crippen LogP contribution in [0, 0.1) is 11.8 Å². The highest BCUT2D eigenvalue weighted by Crippen LogP contribution is 2.30. The van der Waals surface area contributed by atoms with E-state index in [-0.39, 0.29) is 0 Å². The first-order valence-electron chi connectivity index (χ1n) is 6.35. The topological polar surface area (TPSA) is 32.3 Å². The number of phenolic OH excluding ortho intramolecular Hbond substituents is 1. The van der Waals surface area contributed by atoms with Crippen LogP contribution in [0.15, 0.2) is 22.7 Å². The van der Waals surface area contributed by atoms with E-state index in [0.29, 0.717) is 5.75 Å². The van der Waals surface area contributed by atoms with Gasteiger partial charge in [0.2, 0.25) is 0 Å². The van der Waals surface area contributed by atoms with Crippen LogP contribution in [-0.2, 0) is 6.54 Å². The zero-order valence-corrected chi connectivity index (χ0v) is 11.8. The number of benzene rings is 1. The molecule has 2 N–H and O–H groups in total. The molecule has 0 aromatic heterocycles. The quantitative estimate of drug-likeness (QED) is 0.888. The fourth-order valence-corrected chi connectivity index (χ4v) is 3.01. The predicted octanol–water partition coefficient (Wildman–Crippen LogP) is 3.68. The van der Waals surface area contributed by atoms with Gasteiger partial charge in [0, 0.05) is 6.54 Å². The number of hydrogen-bond acceptors (Lipinski definition) is 2. The first-order valence-corrected chi connectivity index (χ1v) is 7.14. The molecule has 0 bridgehead atoms. The summed E-state index contributed by atoms with van der Waals surface area (Å²) in [5, 5.41) is 12.9. The molecule has 2 rings (SSSR count). The number of phenols is 1. The van der Waals surface area contributed by atoms with Crippen molar-refractivity contribution in [3.8, 4) is 5.75 Å². The standard InChI is InChI=1S/C14H20BrNO/c1-10-3-2-4-12(10)9-16-8-11-5-6-14(17)13(15)7-11/h5-7,10,12,16-17H,2-4,8-9H2,1H3. The Bertz CT molecular complexity index is 380. The first kappa shape index (κ1) is 12.9. The highest BCUT2D eigenvalue weighted by Gasteiger charge is 2.22. The first-order chi connectivity index (χ1) is 8.16. The van der Waals surface area contributed by atoms with Crippen molar-refractivity contribution in [1.82, 2.24) is 5.32 Å². The third kappa shape index (κ3) is 3.46. The Morgan fingerprint density at radius 3 is 2.88 bits per heavy atom. The number of aromatic hydroxyl groups is 1. The van der Waals surface area contributed by atoms with E-state index >= 15 is 0 Å². The smallest absolute Gasteiger partial charge is 0.129 e. The second kappa shape index (κ2) is 5.87. The summed E-state index contributed by atoms with van der Waals surface area (Å²) < 4.78 is 0.769. The van der Waals surface area contributed by atoms with Gasteiger partial charge in [0.15, 0.2) is 0 Å². The van der Waals surface area contributed by atoms with Crippen LogP contribution in [0.5, 0.6) is 5.75 Å². The van der Waals surface area contributed by atoms with Crippen molar-refractivity contribution in [2.24, 2.45) is 11.8 Å². The summed E-state index contributed by atoms with van der Waals surface area (Å²) in [6.07, 6.45) is 4.14. The molecule has 2 atom stereocenters. The van der Waals surface area contributed by atoms with Crippen LogP contribution >= 0.6 is 15.9 Å². The molecule has 1 aromatic carbocycles. The van der Waals surface area contributed by atoms with Gasteiger partial charge in [-0.1, -0.05) is 25.8 Å². The fraction of sp³-hybridized carbons (Fsp3) is 0.571. The van der Waals surface area contributed by atoms with Gasteiger partial charge in [0.25, 0.3) is 0 Å². The molecule has 1 saturated carbocycles. The Kier molecular flexibility index (Phi) is 4.46. The van der Waals surface area contributed by atoms with Crippen LogP contribution in [-0.4, -0.2) is 11.7 Å². The van der Waals surface area contributed by atoms with Crippen molar-refractivity contribution in [2.45, 2.75) is 32.7 Å². The maximum absolute atomic E-state index is 9.41. The summed E-state index contributed by atoms with van der Waals surface area (Å²) in [7, 11) is 0. The summed E-state index contributed by atoms with van der Waals surface area (Å²) >= 11 is 3.34. The molecule has 1 aliphatic carbocycles. The third-order valence-corrected chi connectivity index (χ3v) is 4.42. The minimum atomic E-state index is 0.304. The van der Waals surface area contributed by atoms with Crippen LogP contribution in [0.2, 0.25) is 0 Å². The average molecular weight is 298 g/mol. The van der Waals surface area contributed by atoms with E-state index < -0.39 is 0 Å². The van der Waals surface area contributed by atoms with Crippen LogP contribution in [0.1, 0.15) is 31.7 Å². The van der Waals surface area contributed by atoms with Crippen LogP contribution < -0.4 is 5.32 Å². The summed E-state index contributed by atoms with van der Waals surface area (Å²) in [5.74, 6) is 2.02. The predicted molar refractivity (Wildman–Crippen MR) is 74.0 cm³/mol. The van der Waals surface area contributed by atoms with Gasteiger partial charge in [0.05, 0.1) is 4.47 Å². The molecule has 3 heteroatoms. The molecule has 1 aromatic rings. The lowest BCUT2D eigenvalue weighted by atomic mass is 9.98. The van der Waals surface area contributed by atoms with Crippen molar-refractivity contribution in [3.63, 3.8) is 0 Å². The van der Waals surface area contributed by atoms with Crippen molar-refractivity contribution >= 4 is 15.9 Å². The van der Waals surface area contributed by atoms with Gasteiger partial charge in [-0.25, -0.2) is 0 Å². The minimum Gasteiger partial charge on any atom is -0.507 e. The Morgan fingerprint density at radius 2 is 2.24 bits per heavy atom. The molecule has 1 fully saturated rings. The molecule has 17 heavy (non-hydrogen) atoms. The lowest BCUT2D eigenvalue weighted by Gasteiger charge is -2.16. The van der Waals surface area contributed by atoms with E-state index in [0.717, 1.165) is 29.4 Å². The van der Waals surface area contributed by atoms with Gasteiger partial charge >= 0.3 is 0 Å². The third-order valence-electron chi connectivity index (χ3n) is 3.79. The Hall–Kier alpha value is -0.540. The lowest BCUT2D eigenvalue weighted by molar-refractivity contribution is 0.392. The van der Waals surface area contributed by atoms with Crippen molar-refractivity contribution in [3.05, 3.63) is 28.2 Å². The summed E-state index contributed by atoms with van der Waals surface area (Å²) in [6.45, 7) is 4.35. The second-order valence-corrected chi connectivity index (χ2v) is 5.94. The Balaban J connectivity index is 1.79. The van der Waals surface area contributed by atoms with E-state index in [1.807, 2.05) is 12.1 Å². The van der Waals surface area contributed by atoms with Gasteiger partial charge in [-0.2, -0.15) is 0 Å². The highest BCUT2D eigenvalue weighted by molar-refractivity contribution is 9.10. The molecule has 0 heterocycles. The largest absolute Gasteiger partial charge is 0.507 e. The normalized spacial score (nSPS) is 24.1. The fourth-order valence-electron chi connectivity index (χ4n) is 2.59. The molecular weight excluding hydrogens is 278 g/mol. The Labute approximate surface area is 112 Å². The molecule has 2 unspecified atom stereocenters. The number of nitrogens with one attached hydrogen (secondary N) is 1. The molecule has 1 aliphatic rings. The van der Waals surface area contributed by atoms with E-state index in [1.165, 1.54) is 24.8 Å². The zero-order chi connectivity index (χ0) is 12.3. The van der Waals surface area contributed by atoms with Gasteiger partial charge in [-0.3, -0.25) is 0 Å². The lowest BCUT2D eigenvalue weighted by Crippen LogP contribution is -2.23. The average Bonchev–Trinajstić information content (AvgIpc) is 2.70. The van der Waals surface area contributed by atoms with Gasteiger partial charge in [-0.05, 0) is 58.4 Å². The van der Waals surface area contributed by atoms with Gasteiger partial charge < -0.3 is 10.4 Å². The van der Waals surface area contributed by atoms with E-state index in [4.69, 9.17) is 0 Å². The summed E-state index contributed by atoms with van der Waals surface area (Å²) in [5.41, 5.74) is 1.21. The molecule has 0 amide bonds. The van der Waals surface area contributed by atoms with Crippen molar-refractivity contribution in [1.29, 1.82) is 0 Å².